The Labute approximate surface area is 118 Å². The van der Waals surface area contributed by atoms with Crippen LogP contribution in [0.3, 0.4) is 0 Å². The fourth-order valence-electron chi connectivity index (χ4n) is 1.49. The molecule has 21 heavy (non-hydrogen) atoms. The molecule has 1 N–H and O–H groups in total. The van der Waals surface area contributed by atoms with Gasteiger partial charge in [0, 0.05) is 0 Å². The van der Waals surface area contributed by atoms with Crippen molar-refractivity contribution in [3.05, 3.63) is 30.3 Å². The molecule has 114 valence electrons. The number of aliphatic carboxylic acids is 1. The van der Waals surface area contributed by atoms with Gasteiger partial charge in [0.25, 0.3) is 0 Å². The van der Waals surface area contributed by atoms with Crippen LogP contribution in [0.1, 0.15) is 6.92 Å². The Morgan fingerprint density at radius 1 is 1.29 bits per heavy atom. The van der Waals surface area contributed by atoms with Crippen LogP contribution in [0.2, 0.25) is 0 Å². The van der Waals surface area contributed by atoms with Crippen LogP contribution in [-0.4, -0.2) is 35.5 Å². The van der Waals surface area contributed by atoms with Gasteiger partial charge in [-0.25, -0.2) is 4.99 Å². The number of ether oxygens (including phenoxy) is 1. The van der Waals surface area contributed by atoms with Crippen LogP contribution >= 0.6 is 0 Å². The van der Waals surface area contributed by atoms with Crippen molar-refractivity contribution in [2.75, 3.05) is 6.61 Å². The highest BCUT2D eigenvalue weighted by molar-refractivity contribution is 6.18. The number of aliphatic imine (C=N–C) groups is 1. The first-order valence-electron chi connectivity index (χ1n) is 5.87. The molecule has 0 heterocycles. The molecular weight excluding hydrogens is 291 g/mol. The van der Waals surface area contributed by atoms with Crippen LogP contribution in [-0.2, 0) is 14.3 Å². The second-order valence-corrected chi connectivity index (χ2v) is 3.85. The maximum absolute atomic E-state index is 13.0. The molecule has 0 amide bonds. The van der Waals surface area contributed by atoms with Crippen LogP contribution in [0.4, 0.5) is 18.9 Å². The molecule has 0 bridgehead atoms. The van der Waals surface area contributed by atoms with Crippen molar-refractivity contribution in [3.63, 3.8) is 0 Å². The van der Waals surface area contributed by atoms with Gasteiger partial charge >= 0.3 is 18.1 Å². The third kappa shape index (κ3) is 4.59. The molecule has 0 spiro atoms. The zero-order valence-electron chi connectivity index (χ0n) is 10.9. The number of esters is 1. The summed E-state index contributed by atoms with van der Waals surface area (Å²) >= 11 is 0. The molecule has 0 aromatic heterocycles. The largest absolute Gasteiger partial charge is 0.480 e. The molecule has 1 aromatic carbocycles. The number of carboxylic acid groups (broad SMARTS) is 1. The summed E-state index contributed by atoms with van der Waals surface area (Å²) in [6, 6.07) is 6.96. The summed E-state index contributed by atoms with van der Waals surface area (Å²) in [5, 5.41) is 8.90. The number of para-hydroxylation sites is 1. The number of benzene rings is 1. The van der Waals surface area contributed by atoms with Gasteiger partial charge in [-0.3, -0.25) is 9.59 Å². The highest BCUT2D eigenvalue weighted by Crippen LogP contribution is 2.27. The lowest BCUT2D eigenvalue weighted by Gasteiger charge is -2.16. The number of hydrogen-bond acceptors (Lipinski definition) is 4. The molecule has 5 nitrogen and oxygen atoms in total. The van der Waals surface area contributed by atoms with Crippen molar-refractivity contribution in [1.82, 2.24) is 0 Å². The first kappa shape index (κ1) is 16.7. The minimum atomic E-state index is -5.08. The van der Waals surface area contributed by atoms with Crippen molar-refractivity contribution >= 4 is 23.3 Å². The van der Waals surface area contributed by atoms with E-state index in [1.54, 1.807) is 6.07 Å². The minimum Gasteiger partial charge on any atom is -0.480 e. The number of hydrogen-bond donors (Lipinski definition) is 1. The maximum atomic E-state index is 13.0. The average molecular weight is 303 g/mol. The Morgan fingerprint density at radius 2 is 1.86 bits per heavy atom. The number of rotatable bonds is 5. The quantitative estimate of drug-likeness (QED) is 0.515. The maximum Gasteiger partial charge on any atom is 0.430 e. The SMILES string of the molecule is CCOC(=O)C(C(=O)O)C(=Nc1ccccc1)C(F)(F)F. The summed E-state index contributed by atoms with van der Waals surface area (Å²) in [6.45, 7) is 1.12. The molecular formula is C13H12F3NO4. The third-order valence-electron chi connectivity index (χ3n) is 2.34. The molecule has 1 aromatic rings. The fraction of sp³-hybridized carbons (Fsp3) is 0.308. The number of carbonyl (C=O) groups is 2. The van der Waals surface area contributed by atoms with Crippen molar-refractivity contribution in [1.29, 1.82) is 0 Å². The van der Waals surface area contributed by atoms with E-state index >= 15 is 0 Å². The van der Waals surface area contributed by atoms with Crippen LogP contribution in [0.25, 0.3) is 0 Å². The lowest BCUT2D eigenvalue weighted by molar-refractivity contribution is -0.156. The Hall–Kier alpha value is -2.38. The molecule has 0 saturated heterocycles. The molecule has 0 saturated carbocycles. The van der Waals surface area contributed by atoms with Crippen molar-refractivity contribution < 1.29 is 32.6 Å². The summed E-state index contributed by atoms with van der Waals surface area (Å²) in [5.74, 6) is -6.00. The number of alkyl halides is 3. The van der Waals surface area contributed by atoms with Crippen LogP contribution in [0.5, 0.6) is 0 Å². The van der Waals surface area contributed by atoms with Gasteiger partial charge in [0.15, 0.2) is 0 Å². The van der Waals surface area contributed by atoms with E-state index in [-0.39, 0.29) is 12.3 Å². The first-order chi connectivity index (χ1) is 9.77. The van der Waals surface area contributed by atoms with Crippen LogP contribution in [0, 0.1) is 5.92 Å². The van der Waals surface area contributed by atoms with Gasteiger partial charge in [-0.05, 0) is 19.1 Å². The van der Waals surface area contributed by atoms with Crippen LogP contribution in [0.15, 0.2) is 35.3 Å². The second-order valence-electron chi connectivity index (χ2n) is 3.85. The van der Waals surface area contributed by atoms with Gasteiger partial charge in [-0.15, -0.1) is 0 Å². The van der Waals surface area contributed by atoms with E-state index in [1.807, 2.05) is 0 Å². The second kappa shape index (κ2) is 6.87. The van der Waals surface area contributed by atoms with Crippen LogP contribution < -0.4 is 0 Å². The highest BCUT2D eigenvalue weighted by atomic mass is 19.4. The smallest absolute Gasteiger partial charge is 0.430 e. The Kier molecular flexibility index (Phi) is 5.45. The summed E-state index contributed by atoms with van der Waals surface area (Å²) in [7, 11) is 0. The number of halogens is 3. The Balaban J connectivity index is 3.32. The van der Waals surface area contributed by atoms with Gasteiger partial charge < -0.3 is 9.84 Å². The number of carboxylic acids is 1. The van der Waals surface area contributed by atoms with E-state index in [9.17, 15) is 22.8 Å². The molecule has 0 radical (unpaired) electrons. The molecule has 0 aliphatic heterocycles. The lowest BCUT2D eigenvalue weighted by Crippen LogP contribution is -2.41. The van der Waals surface area contributed by atoms with Crippen molar-refractivity contribution in [2.45, 2.75) is 13.1 Å². The van der Waals surface area contributed by atoms with E-state index in [1.165, 1.54) is 31.2 Å². The van der Waals surface area contributed by atoms with Gasteiger partial charge in [-0.1, -0.05) is 18.2 Å². The first-order valence-corrected chi connectivity index (χ1v) is 5.87. The standard InChI is InChI=1S/C13H12F3NO4/c1-2-21-12(20)9(11(18)19)10(13(14,15)16)17-8-6-4-3-5-7-8/h3-7,9H,2H2,1H3,(H,18,19). The van der Waals surface area contributed by atoms with E-state index in [4.69, 9.17) is 5.11 Å². The number of carbonyl (C=O) groups excluding carboxylic acids is 1. The topological polar surface area (TPSA) is 76.0 Å². The highest BCUT2D eigenvalue weighted by Gasteiger charge is 2.48. The lowest BCUT2D eigenvalue weighted by atomic mass is 10.0. The minimum absolute atomic E-state index is 0.111. The predicted octanol–water partition coefficient (Wildman–Crippen LogP) is 2.59. The summed E-state index contributed by atoms with van der Waals surface area (Å²) in [6.07, 6.45) is -5.08. The van der Waals surface area contributed by atoms with E-state index in [0.717, 1.165) is 0 Å². The van der Waals surface area contributed by atoms with E-state index in [2.05, 4.69) is 9.73 Å². The zero-order valence-corrected chi connectivity index (χ0v) is 10.9. The van der Waals surface area contributed by atoms with Crippen molar-refractivity contribution in [3.8, 4) is 0 Å². The Bertz CT molecular complexity index is 540. The van der Waals surface area contributed by atoms with E-state index < -0.39 is 29.7 Å². The molecule has 1 unspecified atom stereocenters. The predicted molar refractivity (Wildman–Crippen MR) is 67.4 cm³/mol. The molecule has 1 atom stereocenters. The number of nitrogens with zero attached hydrogens (tertiary/aromatic N) is 1. The third-order valence-corrected chi connectivity index (χ3v) is 2.34. The molecule has 0 fully saturated rings. The molecule has 0 aliphatic carbocycles. The molecule has 1 rings (SSSR count). The monoisotopic (exact) mass is 303 g/mol. The Morgan fingerprint density at radius 3 is 2.29 bits per heavy atom. The van der Waals surface area contributed by atoms with E-state index in [0.29, 0.717) is 0 Å². The van der Waals surface area contributed by atoms with Crippen molar-refractivity contribution in [2.24, 2.45) is 10.9 Å². The van der Waals surface area contributed by atoms with Gasteiger partial charge in [0.1, 0.15) is 5.71 Å². The van der Waals surface area contributed by atoms with Gasteiger partial charge in [0.2, 0.25) is 5.92 Å². The molecule has 8 heteroatoms. The average Bonchev–Trinajstić information content (AvgIpc) is 2.38. The molecule has 0 aliphatic rings. The van der Waals surface area contributed by atoms with Gasteiger partial charge in [0.05, 0.1) is 12.3 Å². The summed E-state index contributed by atoms with van der Waals surface area (Å²) in [4.78, 5) is 25.8. The zero-order chi connectivity index (χ0) is 16.0. The summed E-state index contributed by atoms with van der Waals surface area (Å²) < 4.78 is 43.4. The fourth-order valence-corrected chi connectivity index (χ4v) is 1.49. The summed E-state index contributed by atoms with van der Waals surface area (Å²) in [5.41, 5.74) is -1.83. The normalized spacial score (nSPS) is 13.6. The van der Waals surface area contributed by atoms with Gasteiger partial charge in [-0.2, -0.15) is 13.2 Å².